The largest absolute Gasteiger partial charge is 0.479 e. The highest BCUT2D eigenvalue weighted by atomic mass is 16.5. The van der Waals surface area contributed by atoms with Gasteiger partial charge >= 0.3 is 5.97 Å². The maximum absolute atomic E-state index is 11.8. The third-order valence-corrected chi connectivity index (χ3v) is 6.70. The van der Waals surface area contributed by atoms with Crippen molar-refractivity contribution in [3.05, 3.63) is 59.3 Å². The first kappa shape index (κ1) is 23.7. The third kappa shape index (κ3) is 6.10. The summed E-state index contributed by atoms with van der Waals surface area (Å²) in [5.74, 6) is -0.223. The van der Waals surface area contributed by atoms with Crippen LogP contribution in [0.2, 0.25) is 0 Å². The SMILES string of the molecule is O=C(O)C(O)(CO[C@@H]1CCCN(CCCCc2ccc3c(n2)NCCC3)C1)c1ccccc1. The fraction of sp³-hybridized carbons (Fsp3) is 0.538. The second-order valence-electron chi connectivity index (χ2n) is 9.21. The molecule has 2 aliphatic heterocycles. The Kier molecular flexibility index (Phi) is 7.96. The van der Waals surface area contributed by atoms with Crippen molar-refractivity contribution in [2.24, 2.45) is 0 Å². The van der Waals surface area contributed by atoms with Crippen LogP contribution in [0.3, 0.4) is 0 Å². The monoisotopic (exact) mass is 453 g/mol. The Labute approximate surface area is 195 Å². The molecule has 4 rings (SSSR count). The fourth-order valence-electron chi connectivity index (χ4n) is 4.72. The highest BCUT2D eigenvalue weighted by Crippen LogP contribution is 2.25. The van der Waals surface area contributed by atoms with Gasteiger partial charge in [-0.25, -0.2) is 9.78 Å². The number of ether oxygens (including phenoxy) is 1. The van der Waals surface area contributed by atoms with E-state index in [1.165, 1.54) is 12.0 Å². The number of carboxylic acid groups (broad SMARTS) is 1. The van der Waals surface area contributed by atoms with E-state index >= 15 is 0 Å². The Bertz CT molecular complexity index is 923. The number of aliphatic hydroxyl groups is 1. The Balaban J connectivity index is 1.21. The molecule has 0 saturated carbocycles. The molecule has 2 atom stereocenters. The quantitative estimate of drug-likeness (QED) is 0.476. The molecule has 7 heteroatoms. The molecular formula is C26H35N3O4. The van der Waals surface area contributed by atoms with E-state index in [0.29, 0.717) is 5.56 Å². The van der Waals surface area contributed by atoms with E-state index in [1.54, 1.807) is 30.3 Å². The Morgan fingerprint density at radius 3 is 2.85 bits per heavy atom. The highest BCUT2D eigenvalue weighted by molar-refractivity contribution is 5.79. The summed E-state index contributed by atoms with van der Waals surface area (Å²) in [7, 11) is 0. The molecule has 33 heavy (non-hydrogen) atoms. The van der Waals surface area contributed by atoms with Crippen molar-refractivity contribution in [2.75, 3.05) is 38.1 Å². The molecular weight excluding hydrogens is 418 g/mol. The minimum Gasteiger partial charge on any atom is -0.479 e. The zero-order valence-electron chi connectivity index (χ0n) is 19.2. The van der Waals surface area contributed by atoms with Crippen molar-refractivity contribution < 1.29 is 19.7 Å². The average Bonchev–Trinajstić information content (AvgIpc) is 2.86. The van der Waals surface area contributed by atoms with Crippen LogP contribution in [0, 0.1) is 0 Å². The van der Waals surface area contributed by atoms with Gasteiger partial charge in [-0.3, -0.25) is 0 Å². The van der Waals surface area contributed by atoms with Crippen LogP contribution in [-0.4, -0.2) is 65.0 Å². The minimum atomic E-state index is -2.03. The summed E-state index contributed by atoms with van der Waals surface area (Å²) in [5.41, 5.74) is 0.791. The van der Waals surface area contributed by atoms with Crippen LogP contribution < -0.4 is 5.32 Å². The van der Waals surface area contributed by atoms with E-state index in [-0.39, 0.29) is 12.7 Å². The van der Waals surface area contributed by atoms with Crippen LogP contribution in [0.5, 0.6) is 0 Å². The summed E-state index contributed by atoms with van der Waals surface area (Å²) >= 11 is 0. The summed E-state index contributed by atoms with van der Waals surface area (Å²) in [4.78, 5) is 18.9. The Morgan fingerprint density at radius 1 is 1.18 bits per heavy atom. The number of likely N-dealkylation sites (tertiary alicyclic amines) is 1. The number of pyridine rings is 1. The van der Waals surface area contributed by atoms with Gasteiger partial charge in [0, 0.05) is 18.8 Å². The Hall–Kier alpha value is -2.48. The number of rotatable bonds is 10. The summed E-state index contributed by atoms with van der Waals surface area (Å²) in [5, 5.41) is 23.8. The first-order valence-electron chi connectivity index (χ1n) is 12.1. The van der Waals surface area contributed by atoms with Crippen molar-refractivity contribution in [3.8, 4) is 0 Å². The molecule has 1 aromatic carbocycles. The van der Waals surface area contributed by atoms with Crippen LogP contribution in [-0.2, 0) is 28.0 Å². The number of piperidine rings is 1. The number of aryl methyl sites for hydroxylation is 2. The minimum absolute atomic E-state index is 0.0678. The van der Waals surface area contributed by atoms with Crippen LogP contribution in [0.15, 0.2) is 42.5 Å². The number of hydrogen-bond acceptors (Lipinski definition) is 6. The molecule has 0 aliphatic carbocycles. The van der Waals surface area contributed by atoms with Gasteiger partial charge in [-0.2, -0.15) is 0 Å². The molecule has 1 saturated heterocycles. The molecule has 178 valence electrons. The molecule has 0 amide bonds. The number of benzene rings is 1. The van der Waals surface area contributed by atoms with Crippen molar-refractivity contribution in [3.63, 3.8) is 0 Å². The number of hydrogen-bond donors (Lipinski definition) is 3. The van der Waals surface area contributed by atoms with Crippen molar-refractivity contribution in [1.29, 1.82) is 0 Å². The number of fused-ring (bicyclic) bond motifs is 1. The standard InChI is InChI=1S/C26H35N3O4/c30-25(31)26(32,21-9-2-1-3-10-21)19-33-23-12-7-17-29(18-23)16-5-4-11-22-14-13-20-8-6-15-27-24(20)28-22/h1-3,9-10,13-14,23,32H,4-8,11-12,15-19H2,(H,27,28)(H,30,31)/t23-,26?/m1/s1. The first-order chi connectivity index (χ1) is 16.0. The molecule has 0 radical (unpaired) electrons. The average molecular weight is 454 g/mol. The predicted octanol–water partition coefficient (Wildman–Crippen LogP) is 3.22. The third-order valence-electron chi connectivity index (χ3n) is 6.70. The van der Waals surface area contributed by atoms with Gasteiger partial charge in [-0.05, 0) is 75.2 Å². The van der Waals surface area contributed by atoms with Gasteiger partial charge < -0.3 is 25.2 Å². The maximum atomic E-state index is 11.8. The van der Waals surface area contributed by atoms with E-state index in [1.807, 2.05) is 0 Å². The van der Waals surface area contributed by atoms with Gasteiger partial charge in [0.1, 0.15) is 5.82 Å². The summed E-state index contributed by atoms with van der Waals surface area (Å²) in [6.45, 7) is 3.55. The molecule has 3 heterocycles. The topological polar surface area (TPSA) is 94.9 Å². The number of carboxylic acids is 1. The lowest BCUT2D eigenvalue weighted by atomic mass is 9.95. The van der Waals surface area contributed by atoms with Crippen molar-refractivity contribution in [1.82, 2.24) is 9.88 Å². The lowest BCUT2D eigenvalue weighted by molar-refractivity contribution is -0.171. The van der Waals surface area contributed by atoms with Gasteiger partial charge in [-0.15, -0.1) is 0 Å². The van der Waals surface area contributed by atoms with Gasteiger partial charge in [0.05, 0.1) is 12.7 Å². The van der Waals surface area contributed by atoms with Gasteiger partial charge in [0.15, 0.2) is 0 Å². The maximum Gasteiger partial charge on any atom is 0.342 e. The molecule has 2 aromatic rings. The number of unbranched alkanes of at least 4 members (excludes halogenated alkanes) is 1. The Morgan fingerprint density at radius 2 is 2.03 bits per heavy atom. The first-order valence-corrected chi connectivity index (χ1v) is 12.1. The normalized spacial score (nSPS) is 20.5. The van der Waals surface area contributed by atoms with Crippen molar-refractivity contribution in [2.45, 2.75) is 56.7 Å². The lowest BCUT2D eigenvalue weighted by Gasteiger charge is -2.34. The second kappa shape index (κ2) is 11.1. The van der Waals surface area contributed by atoms with Gasteiger partial charge in [0.25, 0.3) is 0 Å². The summed E-state index contributed by atoms with van der Waals surface area (Å²) < 4.78 is 5.93. The molecule has 3 N–H and O–H groups in total. The molecule has 1 aromatic heterocycles. The van der Waals surface area contributed by atoms with Crippen LogP contribution in [0.25, 0.3) is 0 Å². The smallest absolute Gasteiger partial charge is 0.342 e. The van der Waals surface area contributed by atoms with Crippen LogP contribution >= 0.6 is 0 Å². The van der Waals surface area contributed by atoms with Gasteiger partial charge in [-0.1, -0.05) is 36.4 Å². The molecule has 1 fully saturated rings. The van der Waals surface area contributed by atoms with Crippen LogP contribution in [0.4, 0.5) is 5.82 Å². The number of aromatic nitrogens is 1. The van der Waals surface area contributed by atoms with E-state index in [2.05, 4.69) is 22.3 Å². The van der Waals surface area contributed by atoms with Crippen molar-refractivity contribution >= 4 is 11.8 Å². The number of carbonyl (C=O) groups is 1. The molecule has 7 nitrogen and oxygen atoms in total. The van der Waals surface area contributed by atoms with E-state index < -0.39 is 11.6 Å². The summed E-state index contributed by atoms with van der Waals surface area (Å²) in [6, 6.07) is 12.9. The predicted molar refractivity (Wildman–Crippen MR) is 127 cm³/mol. The van der Waals surface area contributed by atoms with E-state index in [0.717, 1.165) is 76.2 Å². The van der Waals surface area contributed by atoms with E-state index in [9.17, 15) is 15.0 Å². The second-order valence-corrected chi connectivity index (χ2v) is 9.21. The number of anilines is 1. The van der Waals surface area contributed by atoms with Crippen LogP contribution in [0.1, 0.15) is 48.9 Å². The molecule has 1 unspecified atom stereocenters. The van der Waals surface area contributed by atoms with E-state index in [4.69, 9.17) is 9.72 Å². The number of nitrogens with zero attached hydrogens (tertiary/aromatic N) is 2. The highest BCUT2D eigenvalue weighted by Gasteiger charge is 2.39. The molecule has 0 spiro atoms. The number of nitrogens with one attached hydrogen (secondary N) is 1. The lowest BCUT2D eigenvalue weighted by Crippen LogP contribution is -2.45. The summed E-state index contributed by atoms with van der Waals surface area (Å²) in [6.07, 6.45) is 7.27. The molecule has 0 bridgehead atoms. The fourth-order valence-corrected chi connectivity index (χ4v) is 4.72. The zero-order valence-corrected chi connectivity index (χ0v) is 19.2. The molecule has 2 aliphatic rings. The number of aliphatic carboxylic acids is 1. The van der Waals surface area contributed by atoms with Gasteiger partial charge in [0.2, 0.25) is 5.60 Å². The zero-order chi connectivity index (χ0) is 23.1.